The Morgan fingerprint density at radius 3 is 2.76 bits per heavy atom. The van der Waals surface area contributed by atoms with E-state index in [2.05, 4.69) is 23.3 Å². The Labute approximate surface area is 129 Å². The van der Waals surface area contributed by atoms with Crippen LogP contribution in [0.25, 0.3) is 0 Å². The Morgan fingerprint density at radius 2 is 2.14 bits per heavy atom. The van der Waals surface area contributed by atoms with Crippen LogP contribution in [0.2, 0.25) is 0 Å². The maximum Gasteiger partial charge on any atom is 0.213 e. The zero-order valence-corrected chi connectivity index (χ0v) is 12.9. The Balaban J connectivity index is 2.23. The molecule has 0 aliphatic rings. The summed E-state index contributed by atoms with van der Waals surface area (Å²) in [5.74, 6) is 1.53. The third kappa shape index (κ3) is 3.89. The fourth-order valence-electron chi connectivity index (χ4n) is 1.87. The highest BCUT2D eigenvalue weighted by Crippen LogP contribution is 2.29. The molecule has 2 rings (SSSR count). The predicted octanol–water partition coefficient (Wildman–Crippen LogP) is 4.21. The van der Waals surface area contributed by atoms with Gasteiger partial charge in [-0.2, -0.15) is 5.26 Å². The quantitative estimate of drug-likeness (QED) is 0.810. The highest BCUT2D eigenvalue weighted by molar-refractivity contribution is 7.99. The molecule has 0 spiro atoms. The molecule has 5 heteroatoms. The molecule has 1 heterocycles. The molecule has 0 unspecified atom stereocenters. The van der Waals surface area contributed by atoms with Crippen molar-refractivity contribution in [2.24, 2.45) is 0 Å². The van der Waals surface area contributed by atoms with Crippen molar-refractivity contribution in [3.8, 4) is 11.9 Å². The number of pyridine rings is 1. The van der Waals surface area contributed by atoms with Crippen molar-refractivity contribution in [2.75, 3.05) is 17.7 Å². The summed E-state index contributed by atoms with van der Waals surface area (Å²) in [5.41, 5.74) is 2.29. The zero-order chi connectivity index (χ0) is 15.1. The van der Waals surface area contributed by atoms with Gasteiger partial charge in [-0.3, -0.25) is 0 Å². The SMILES string of the molecule is CCOc1ccc(Nc2cccc(SCC)c2C#N)cn1. The molecule has 1 N–H and O–H groups in total. The lowest BCUT2D eigenvalue weighted by Gasteiger charge is -2.11. The van der Waals surface area contributed by atoms with Crippen molar-refractivity contribution < 1.29 is 4.74 Å². The van der Waals surface area contributed by atoms with Crippen molar-refractivity contribution in [3.05, 3.63) is 42.1 Å². The van der Waals surface area contributed by atoms with Crippen LogP contribution in [0.1, 0.15) is 19.4 Å². The molecule has 108 valence electrons. The minimum atomic E-state index is 0.592. The predicted molar refractivity (Wildman–Crippen MR) is 86.2 cm³/mol. The second kappa shape index (κ2) is 7.55. The molecular weight excluding hydrogens is 282 g/mol. The number of nitrogens with zero attached hydrogens (tertiary/aromatic N) is 2. The van der Waals surface area contributed by atoms with Crippen LogP contribution in [-0.2, 0) is 0 Å². The summed E-state index contributed by atoms with van der Waals surface area (Å²) >= 11 is 1.66. The summed E-state index contributed by atoms with van der Waals surface area (Å²) in [4.78, 5) is 5.20. The van der Waals surface area contributed by atoms with E-state index in [1.807, 2.05) is 37.3 Å². The van der Waals surface area contributed by atoms with Crippen LogP contribution < -0.4 is 10.1 Å². The minimum Gasteiger partial charge on any atom is -0.478 e. The Bertz CT molecular complexity index is 635. The first kappa shape index (κ1) is 15.2. The molecular formula is C16H17N3OS. The molecule has 0 aliphatic heterocycles. The molecule has 0 saturated heterocycles. The maximum absolute atomic E-state index is 9.38. The van der Waals surface area contributed by atoms with E-state index in [1.54, 1.807) is 18.0 Å². The van der Waals surface area contributed by atoms with Crippen LogP contribution in [0.4, 0.5) is 11.4 Å². The number of aromatic nitrogens is 1. The third-order valence-electron chi connectivity index (χ3n) is 2.75. The van der Waals surface area contributed by atoms with Crippen LogP contribution in [-0.4, -0.2) is 17.3 Å². The van der Waals surface area contributed by atoms with Crippen molar-refractivity contribution in [3.63, 3.8) is 0 Å². The first-order chi connectivity index (χ1) is 10.3. The Morgan fingerprint density at radius 1 is 1.29 bits per heavy atom. The number of ether oxygens (including phenoxy) is 1. The molecule has 21 heavy (non-hydrogen) atoms. The Hall–Kier alpha value is -2.19. The van der Waals surface area contributed by atoms with Crippen molar-refractivity contribution in [1.29, 1.82) is 5.26 Å². The van der Waals surface area contributed by atoms with E-state index in [0.29, 0.717) is 18.1 Å². The smallest absolute Gasteiger partial charge is 0.213 e. The summed E-state index contributed by atoms with van der Waals surface area (Å²) in [6.07, 6.45) is 1.70. The number of anilines is 2. The topological polar surface area (TPSA) is 57.9 Å². The number of nitrogens with one attached hydrogen (secondary N) is 1. The molecule has 0 fully saturated rings. The van der Waals surface area contributed by atoms with E-state index < -0.39 is 0 Å². The molecule has 0 radical (unpaired) electrons. The zero-order valence-electron chi connectivity index (χ0n) is 12.1. The maximum atomic E-state index is 9.38. The Kier molecular flexibility index (Phi) is 5.47. The largest absolute Gasteiger partial charge is 0.478 e. The lowest BCUT2D eigenvalue weighted by atomic mass is 10.2. The van der Waals surface area contributed by atoms with Crippen LogP contribution >= 0.6 is 11.8 Å². The van der Waals surface area contributed by atoms with E-state index in [9.17, 15) is 5.26 Å². The molecule has 1 aromatic heterocycles. The fourth-order valence-corrected chi connectivity index (χ4v) is 2.66. The van der Waals surface area contributed by atoms with E-state index >= 15 is 0 Å². The summed E-state index contributed by atoms with van der Waals surface area (Å²) < 4.78 is 5.31. The highest BCUT2D eigenvalue weighted by atomic mass is 32.2. The van der Waals surface area contributed by atoms with E-state index in [1.165, 1.54) is 0 Å². The lowest BCUT2D eigenvalue weighted by Crippen LogP contribution is -1.98. The van der Waals surface area contributed by atoms with E-state index in [0.717, 1.165) is 22.0 Å². The molecule has 0 amide bonds. The van der Waals surface area contributed by atoms with Gasteiger partial charge in [-0.1, -0.05) is 13.0 Å². The van der Waals surface area contributed by atoms with Gasteiger partial charge in [0.15, 0.2) is 0 Å². The van der Waals surface area contributed by atoms with E-state index in [4.69, 9.17) is 4.74 Å². The van der Waals surface area contributed by atoms with Crippen molar-refractivity contribution >= 4 is 23.1 Å². The minimum absolute atomic E-state index is 0.592. The van der Waals surface area contributed by atoms with Gasteiger partial charge in [0.05, 0.1) is 29.7 Å². The molecule has 0 aliphatic carbocycles. The standard InChI is InChI=1S/C16H17N3OS/c1-3-20-16-9-8-12(11-18-16)19-14-6-5-7-15(21-4-2)13(14)10-17/h5-9,11,19H,3-4H2,1-2H3. The second-order valence-corrected chi connectivity index (χ2v) is 5.47. The summed E-state index contributed by atoms with van der Waals surface area (Å²) in [5, 5.41) is 12.6. The third-order valence-corrected chi connectivity index (χ3v) is 3.69. The molecule has 0 saturated carbocycles. The average molecular weight is 299 g/mol. The van der Waals surface area contributed by atoms with Gasteiger partial charge in [0.1, 0.15) is 6.07 Å². The molecule has 0 bridgehead atoms. The molecule has 1 aromatic carbocycles. The molecule has 0 atom stereocenters. The fraction of sp³-hybridized carbons (Fsp3) is 0.250. The van der Waals surface area contributed by atoms with Crippen LogP contribution in [0.3, 0.4) is 0 Å². The summed E-state index contributed by atoms with van der Waals surface area (Å²) in [7, 11) is 0. The monoisotopic (exact) mass is 299 g/mol. The average Bonchev–Trinajstić information content (AvgIpc) is 2.50. The number of hydrogen-bond donors (Lipinski definition) is 1. The lowest BCUT2D eigenvalue weighted by molar-refractivity contribution is 0.327. The number of benzene rings is 1. The first-order valence-corrected chi connectivity index (χ1v) is 7.78. The van der Waals surface area contributed by atoms with Crippen LogP contribution in [0.5, 0.6) is 5.88 Å². The second-order valence-electron chi connectivity index (χ2n) is 4.17. The van der Waals surface area contributed by atoms with Gasteiger partial charge in [0.25, 0.3) is 0 Å². The summed E-state index contributed by atoms with van der Waals surface area (Å²) in [6.45, 7) is 4.58. The number of rotatable bonds is 6. The van der Waals surface area contributed by atoms with Gasteiger partial charge >= 0.3 is 0 Å². The first-order valence-electron chi connectivity index (χ1n) is 6.80. The number of hydrogen-bond acceptors (Lipinski definition) is 5. The van der Waals surface area contributed by atoms with Gasteiger partial charge in [-0.15, -0.1) is 11.8 Å². The van der Waals surface area contributed by atoms with Gasteiger partial charge in [0.2, 0.25) is 5.88 Å². The van der Waals surface area contributed by atoms with E-state index in [-0.39, 0.29) is 0 Å². The van der Waals surface area contributed by atoms with Crippen molar-refractivity contribution in [1.82, 2.24) is 4.98 Å². The summed E-state index contributed by atoms with van der Waals surface area (Å²) in [6, 6.07) is 11.8. The van der Waals surface area contributed by atoms with Crippen molar-refractivity contribution in [2.45, 2.75) is 18.7 Å². The van der Waals surface area contributed by atoms with Gasteiger partial charge < -0.3 is 10.1 Å². The molecule has 4 nitrogen and oxygen atoms in total. The van der Waals surface area contributed by atoms with Gasteiger partial charge in [-0.05, 0) is 30.9 Å². The number of thioether (sulfide) groups is 1. The van der Waals surface area contributed by atoms with Gasteiger partial charge in [0, 0.05) is 11.0 Å². The number of nitriles is 1. The highest BCUT2D eigenvalue weighted by Gasteiger charge is 2.08. The normalized spacial score (nSPS) is 9.95. The molecule has 2 aromatic rings. The van der Waals surface area contributed by atoms with Crippen LogP contribution in [0, 0.1) is 11.3 Å². The van der Waals surface area contributed by atoms with Crippen LogP contribution in [0.15, 0.2) is 41.4 Å². The van der Waals surface area contributed by atoms with Gasteiger partial charge in [-0.25, -0.2) is 4.98 Å².